The van der Waals surface area contributed by atoms with E-state index in [0.29, 0.717) is 13.1 Å². The lowest BCUT2D eigenvalue weighted by Crippen LogP contribution is -2.23. The molecule has 5 heteroatoms. The first kappa shape index (κ1) is 19.5. The third-order valence-corrected chi connectivity index (χ3v) is 4.90. The van der Waals surface area contributed by atoms with Crippen LogP contribution in [0.1, 0.15) is 17.0 Å². The minimum atomic E-state index is -0.158. The van der Waals surface area contributed by atoms with Crippen molar-refractivity contribution in [3.8, 4) is 5.75 Å². The van der Waals surface area contributed by atoms with Crippen LogP contribution in [0.25, 0.3) is 17.1 Å². The van der Waals surface area contributed by atoms with Gasteiger partial charge in [-0.1, -0.05) is 60.7 Å². The van der Waals surface area contributed by atoms with Gasteiger partial charge in [0, 0.05) is 11.6 Å². The van der Waals surface area contributed by atoms with Gasteiger partial charge < -0.3 is 14.6 Å². The van der Waals surface area contributed by atoms with Crippen molar-refractivity contribution in [3.05, 3.63) is 102 Å². The van der Waals surface area contributed by atoms with Crippen molar-refractivity contribution in [1.29, 1.82) is 0 Å². The summed E-state index contributed by atoms with van der Waals surface area (Å²) in [5.41, 5.74) is 3.96. The SMILES string of the molecule is COc1ccccc1Cn1c(CNC(=O)/C=C\c2ccccc2)nc2ccccc21. The second-order valence-corrected chi connectivity index (χ2v) is 6.88. The van der Waals surface area contributed by atoms with Crippen molar-refractivity contribution >= 4 is 23.0 Å². The van der Waals surface area contributed by atoms with Crippen LogP contribution in [-0.4, -0.2) is 22.6 Å². The Morgan fingerprint density at radius 2 is 1.73 bits per heavy atom. The molecule has 5 nitrogen and oxygen atoms in total. The maximum Gasteiger partial charge on any atom is 0.244 e. The molecule has 1 heterocycles. The smallest absolute Gasteiger partial charge is 0.244 e. The molecule has 4 rings (SSSR count). The Kier molecular flexibility index (Phi) is 5.90. The van der Waals surface area contributed by atoms with Gasteiger partial charge in [0.05, 0.1) is 31.2 Å². The van der Waals surface area contributed by atoms with Gasteiger partial charge in [-0.3, -0.25) is 4.79 Å². The highest BCUT2D eigenvalue weighted by molar-refractivity contribution is 5.91. The molecule has 0 unspecified atom stereocenters. The molecule has 4 aromatic rings. The highest BCUT2D eigenvalue weighted by atomic mass is 16.5. The average molecular weight is 397 g/mol. The lowest BCUT2D eigenvalue weighted by Gasteiger charge is -2.12. The molecule has 0 saturated carbocycles. The summed E-state index contributed by atoms with van der Waals surface area (Å²) in [5, 5.41) is 2.94. The van der Waals surface area contributed by atoms with Crippen molar-refractivity contribution < 1.29 is 9.53 Å². The third-order valence-electron chi connectivity index (χ3n) is 4.90. The Morgan fingerprint density at radius 1 is 1.00 bits per heavy atom. The summed E-state index contributed by atoms with van der Waals surface area (Å²) >= 11 is 0. The number of rotatable bonds is 7. The van der Waals surface area contributed by atoms with Crippen molar-refractivity contribution in [2.24, 2.45) is 0 Å². The van der Waals surface area contributed by atoms with Gasteiger partial charge in [0.1, 0.15) is 11.6 Å². The second kappa shape index (κ2) is 9.09. The topological polar surface area (TPSA) is 56.1 Å². The number of imidazole rings is 1. The third kappa shape index (κ3) is 4.41. The molecule has 0 fully saturated rings. The summed E-state index contributed by atoms with van der Waals surface area (Å²) in [7, 11) is 1.67. The number of hydrogen-bond donors (Lipinski definition) is 1. The minimum Gasteiger partial charge on any atom is -0.496 e. The predicted molar refractivity (Wildman–Crippen MR) is 119 cm³/mol. The van der Waals surface area contributed by atoms with E-state index in [-0.39, 0.29) is 5.91 Å². The molecule has 1 N–H and O–H groups in total. The second-order valence-electron chi connectivity index (χ2n) is 6.88. The molecule has 0 aliphatic heterocycles. The van der Waals surface area contributed by atoms with Gasteiger partial charge in [-0.15, -0.1) is 0 Å². The number of carbonyl (C=O) groups is 1. The fourth-order valence-electron chi connectivity index (χ4n) is 3.40. The number of aromatic nitrogens is 2. The van der Waals surface area contributed by atoms with E-state index in [9.17, 15) is 4.79 Å². The first-order valence-electron chi connectivity index (χ1n) is 9.81. The van der Waals surface area contributed by atoms with E-state index in [2.05, 4.69) is 9.88 Å². The number of nitrogens with zero attached hydrogens (tertiary/aromatic N) is 2. The van der Waals surface area contributed by atoms with Gasteiger partial charge in [-0.05, 0) is 29.8 Å². The lowest BCUT2D eigenvalue weighted by atomic mass is 10.2. The fraction of sp³-hybridized carbons (Fsp3) is 0.120. The van der Waals surface area contributed by atoms with Crippen LogP contribution in [0.15, 0.2) is 84.9 Å². The van der Waals surface area contributed by atoms with Crippen LogP contribution in [0.5, 0.6) is 5.75 Å². The Bertz CT molecular complexity index is 1180. The number of ether oxygens (including phenoxy) is 1. The van der Waals surface area contributed by atoms with Gasteiger partial charge >= 0.3 is 0 Å². The number of para-hydroxylation sites is 3. The predicted octanol–water partition coefficient (Wildman–Crippen LogP) is 4.42. The summed E-state index contributed by atoms with van der Waals surface area (Å²) in [6, 6.07) is 25.7. The van der Waals surface area contributed by atoms with Crippen LogP contribution >= 0.6 is 0 Å². The van der Waals surface area contributed by atoms with Gasteiger partial charge in [0.25, 0.3) is 0 Å². The number of hydrogen-bond acceptors (Lipinski definition) is 3. The first-order valence-corrected chi connectivity index (χ1v) is 9.81. The van der Waals surface area contributed by atoms with Crippen molar-refractivity contribution in [1.82, 2.24) is 14.9 Å². The van der Waals surface area contributed by atoms with Gasteiger partial charge in [0.2, 0.25) is 5.91 Å². The molecule has 0 atom stereocenters. The Balaban J connectivity index is 1.56. The van der Waals surface area contributed by atoms with E-state index in [1.165, 1.54) is 0 Å². The maximum atomic E-state index is 12.3. The summed E-state index contributed by atoms with van der Waals surface area (Å²) in [6.07, 6.45) is 3.34. The molecule has 0 spiro atoms. The molecule has 150 valence electrons. The molecular weight excluding hydrogens is 374 g/mol. The Hall–Kier alpha value is -3.86. The zero-order valence-corrected chi connectivity index (χ0v) is 16.8. The molecule has 1 aromatic heterocycles. The summed E-state index contributed by atoms with van der Waals surface area (Å²) < 4.78 is 7.63. The van der Waals surface area contributed by atoms with E-state index >= 15 is 0 Å². The van der Waals surface area contributed by atoms with Crippen LogP contribution < -0.4 is 10.1 Å². The Labute approximate surface area is 175 Å². The molecule has 1 amide bonds. The van der Waals surface area contributed by atoms with Gasteiger partial charge in [-0.2, -0.15) is 0 Å². The highest BCUT2D eigenvalue weighted by Crippen LogP contribution is 2.23. The lowest BCUT2D eigenvalue weighted by molar-refractivity contribution is -0.116. The average Bonchev–Trinajstić information content (AvgIpc) is 3.14. The van der Waals surface area contributed by atoms with E-state index < -0.39 is 0 Å². The van der Waals surface area contributed by atoms with Crippen LogP contribution in [0.3, 0.4) is 0 Å². The van der Waals surface area contributed by atoms with Crippen LogP contribution in [0.4, 0.5) is 0 Å². The number of carbonyl (C=O) groups excluding carboxylic acids is 1. The number of benzene rings is 3. The van der Waals surface area contributed by atoms with E-state index in [1.54, 1.807) is 19.3 Å². The monoisotopic (exact) mass is 397 g/mol. The number of methoxy groups -OCH3 is 1. The normalized spacial score (nSPS) is 11.1. The van der Waals surface area contributed by atoms with Crippen LogP contribution in [0, 0.1) is 0 Å². The number of amides is 1. The largest absolute Gasteiger partial charge is 0.496 e. The number of fused-ring (bicyclic) bond motifs is 1. The molecule has 0 aliphatic rings. The zero-order valence-electron chi connectivity index (χ0n) is 16.8. The fourth-order valence-corrected chi connectivity index (χ4v) is 3.40. The quantitative estimate of drug-likeness (QED) is 0.470. The summed E-state index contributed by atoms with van der Waals surface area (Å²) in [4.78, 5) is 17.1. The number of nitrogens with one attached hydrogen (secondary N) is 1. The van der Waals surface area contributed by atoms with Crippen molar-refractivity contribution in [2.45, 2.75) is 13.1 Å². The van der Waals surface area contributed by atoms with E-state index in [1.807, 2.05) is 78.9 Å². The van der Waals surface area contributed by atoms with Crippen LogP contribution in [0.2, 0.25) is 0 Å². The van der Waals surface area contributed by atoms with Gasteiger partial charge in [0.15, 0.2) is 0 Å². The molecule has 30 heavy (non-hydrogen) atoms. The van der Waals surface area contributed by atoms with Crippen molar-refractivity contribution in [2.75, 3.05) is 7.11 Å². The van der Waals surface area contributed by atoms with E-state index in [4.69, 9.17) is 9.72 Å². The molecule has 0 aliphatic carbocycles. The zero-order chi connectivity index (χ0) is 20.8. The van der Waals surface area contributed by atoms with Crippen molar-refractivity contribution in [3.63, 3.8) is 0 Å². The first-order chi connectivity index (χ1) is 14.7. The highest BCUT2D eigenvalue weighted by Gasteiger charge is 2.13. The molecule has 0 bridgehead atoms. The summed E-state index contributed by atoms with van der Waals surface area (Å²) in [5.74, 6) is 1.47. The van der Waals surface area contributed by atoms with Crippen LogP contribution in [-0.2, 0) is 17.9 Å². The standard InChI is InChI=1S/C25H23N3O2/c1-30-23-14-8-5-11-20(23)18-28-22-13-7-6-12-21(22)27-24(28)17-26-25(29)16-15-19-9-3-2-4-10-19/h2-16H,17-18H2,1H3,(H,26,29)/b16-15-. The molecular formula is C25H23N3O2. The minimum absolute atomic E-state index is 0.158. The Morgan fingerprint density at radius 3 is 2.57 bits per heavy atom. The van der Waals surface area contributed by atoms with Gasteiger partial charge in [-0.25, -0.2) is 4.98 Å². The maximum absolute atomic E-state index is 12.3. The summed E-state index contributed by atoms with van der Waals surface area (Å²) in [6.45, 7) is 0.942. The molecule has 0 saturated heterocycles. The van der Waals surface area contributed by atoms with E-state index in [0.717, 1.165) is 33.7 Å². The molecule has 3 aromatic carbocycles. The molecule has 0 radical (unpaired) electrons.